The van der Waals surface area contributed by atoms with Crippen molar-refractivity contribution >= 4 is 33.1 Å². The summed E-state index contributed by atoms with van der Waals surface area (Å²) >= 11 is 1.63. The molecule has 2 aromatic heterocycles. The van der Waals surface area contributed by atoms with Crippen molar-refractivity contribution in [1.29, 1.82) is 0 Å². The summed E-state index contributed by atoms with van der Waals surface area (Å²) in [7, 11) is 0. The van der Waals surface area contributed by atoms with Gasteiger partial charge in [-0.1, -0.05) is 0 Å². The molecule has 0 saturated carbocycles. The van der Waals surface area contributed by atoms with E-state index in [1.165, 1.54) is 0 Å². The molecule has 0 bridgehead atoms. The molecule has 0 radical (unpaired) electrons. The van der Waals surface area contributed by atoms with Crippen LogP contribution in [0.25, 0.3) is 10.2 Å². The minimum absolute atomic E-state index is 0.00104. The van der Waals surface area contributed by atoms with E-state index in [4.69, 9.17) is 9.47 Å². The lowest BCUT2D eigenvalue weighted by Gasteiger charge is -2.11. The zero-order chi connectivity index (χ0) is 17.2. The Morgan fingerprint density at radius 1 is 1.36 bits per heavy atom. The quantitative estimate of drug-likeness (QED) is 0.776. The highest BCUT2D eigenvalue weighted by molar-refractivity contribution is 7.18. The first-order valence-electron chi connectivity index (χ1n) is 8.06. The maximum atomic E-state index is 12.5. The Kier molecular flexibility index (Phi) is 4.33. The SMILES string of the molecule is Cc1nc2cc(NC(=O)c3ccnc(OC4CCOC4)c3)ccc2s1. The second-order valence-electron chi connectivity index (χ2n) is 5.86. The first-order chi connectivity index (χ1) is 12.2. The van der Waals surface area contributed by atoms with Gasteiger partial charge in [0, 0.05) is 29.9 Å². The summed E-state index contributed by atoms with van der Waals surface area (Å²) in [6.07, 6.45) is 2.42. The molecule has 1 fully saturated rings. The average molecular weight is 355 g/mol. The van der Waals surface area contributed by atoms with Crippen LogP contribution in [0.15, 0.2) is 36.5 Å². The molecule has 1 amide bonds. The molecular weight excluding hydrogens is 338 g/mol. The van der Waals surface area contributed by atoms with E-state index in [1.54, 1.807) is 29.7 Å². The second-order valence-corrected chi connectivity index (χ2v) is 7.09. The number of amides is 1. The number of aryl methyl sites for hydroxylation is 1. The number of carbonyl (C=O) groups is 1. The van der Waals surface area contributed by atoms with E-state index in [2.05, 4.69) is 15.3 Å². The lowest BCUT2D eigenvalue weighted by Crippen LogP contribution is -2.17. The molecule has 1 aromatic carbocycles. The number of thiazole rings is 1. The van der Waals surface area contributed by atoms with Crippen molar-refractivity contribution in [3.63, 3.8) is 0 Å². The van der Waals surface area contributed by atoms with Gasteiger partial charge in [0.05, 0.1) is 28.4 Å². The van der Waals surface area contributed by atoms with Crippen molar-refractivity contribution in [1.82, 2.24) is 9.97 Å². The van der Waals surface area contributed by atoms with E-state index in [0.29, 0.717) is 30.3 Å². The van der Waals surface area contributed by atoms with Crippen molar-refractivity contribution in [2.24, 2.45) is 0 Å². The fraction of sp³-hybridized carbons (Fsp3) is 0.278. The van der Waals surface area contributed by atoms with E-state index in [-0.39, 0.29) is 12.0 Å². The first-order valence-corrected chi connectivity index (χ1v) is 8.88. The minimum atomic E-state index is -0.207. The molecule has 7 heteroatoms. The molecule has 25 heavy (non-hydrogen) atoms. The molecule has 1 aliphatic rings. The standard InChI is InChI=1S/C18H17N3O3S/c1-11-20-15-9-13(2-3-16(15)25-11)21-18(22)12-4-6-19-17(8-12)24-14-5-7-23-10-14/h2-4,6,8-9,14H,5,7,10H2,1H3,(H,21,22). The summed E-state index contributed by atoms with van der Waals surface area (Å²) < 4.78 is 12.1. The number of pyridine rings is 1. The van der Waals surface area contributed by atoms with Crippen LogP contribution in [0, 0.1) is 6.92 Å². The van der Waals surface area contributed by atoms with Gasteiger partial charge in [-0.05, 0) is 31.2 Å². The highest BCUT2D eigenvalue weighted by Gasteiger charge is 2.18. The zero-order valence-electron chi connectivity index (χ0n) is 13.7. The Labute approximate surface area is 148 Å². The fourth-order valence-corrected chi connectivity index (χ4v) is 3.52. The molecule has 6 nitrogen and oxygen atoms in total. The number of aromatic nitrogens is 2. The predicted molar refractivity (Wildman–Crippen MR) is 96.4 cm³/mol. The van der Waals surface area contributed by atoms with Crippen LogP contribution in [0.2, 0.25) is 0 Å². The van der Waals surface area contributed by atoms with Gasteiger partial charge in [0.15, 0.2) is 0 Å². The van der Waals surface area contributed by atoms with Crippen LogP contribution < -0.4 is 10.1 Å². The monoisotopic (exact) mass is 355 g/mol. The Morgan fingerprint density at radius 3 is 3.12 bits per heavy atom. The number of nitrogens with one attached hydrogen (secondary N) is 1. The van der Waals surface area contributed by atoms with E-state index in [1.807, 2.05) is 25.1 Å². The highest BCUT2D eigenvalue weighted by atomic mass is 32.1. The third kappa shape index (κ3) is 3.62. The number of hydrogen-bond acceptors (Lipinski definition) is 6. The van der Waals surface area contributed by atoms with E-state index < -0.39 is 0 Å². The van der Waals surface area contributed by atoms with Crippen LogP contribution in [0.5, 0.6) is 5.88 Å². The molecule has 1 atom stereocenters. The van der Waals surface area contributed by atoms with Crippen molar-refractivity contribution in [3.05, 3.63) is 47.1 Å². The molecule has 0 spiro atoms. The van der Waals surface area contributed by atoms with Crippen LogP contribution in [0.3, 0.4) is 0 Å². The summed E-state index contributed by atoms with van der Waals surface area (Å²) in [5.74, 6) is 0.231. The van der Waals surface area contributed by atoms with Gasteiger partial charge in [-0.25, -0.2) is 9.97 Å². The Hall–Kier alpha value is -2.51. The van der Waals surface area contributed by atoms with Crippen LogP contribution in [-0.2, 0) is 4.74 Å². The van der Waals surface area contributed by atoms with Crippen molar-refractivity contribution in [2.45, 2.75) is 19.4 Å². The molecule has 4 rings (SSSR count). The molecule has 3 heterocycles. The predicted octanol–water partition coefficient (Wildman–Crippen LogP) is 3.42. The third-order valence-corrected chi connectivity index (χ3v) is 4.88. The van der Waals surface area contributed by atoms with Gasteiger partial charge in [0.1, 0.15) is 6.10 Å². The number of benzene rings is 1. The largest absolute Gasteiger partial charge is 0.472 e. The Balaban J connectivity index is 1.49. The molecule has 1 unspecified atom stereocenters. The van der Waals surface area contributed by atoms with Crippen LogP contribution >= 0.6 is 11.3 Å². The van der Waals surface area contributed by atoms with Gasteiger partial charge < -0.3 is 14.8 Å². The molecule has 1 saturated heterocycles. The van der Waals surface area contributed by atoms with Gasteiger partial charge in [-0.3, -0.25) is 4.79 Å². The second kappa shape index (κ2) is 6.78. The van der Waals surface area contributed by atoms with Crippen molar-refractivity contribution in [3.8, 4) is 5.88 Å². The molecule has 128 valence electrons. The molecule has 3 aromatic rings. The summed E-state index contributed by atoms with van der Waals surface area (Å²) in [4.78, 5) is 21.1. The number of carbonyl (C=O) groups excluding carboxylic acids is 1. The van der Waals surface area contributed by atoms with E-state index in [0.717, 1.165) is 21.6 Å². The lowest BCUT2D eigenvalue weighted by molar-refractivity contribution is 0.102. The summed E-state index contributed by atoms with van der Waals surface area (Å²) in [5.41, 5.74) is 2.10. The van der Waals surface area contributed by atoms with Crippen LogP contribution in [0.4, 0.5) is 5.69 Å². The number of rotatable bonds is 4. The summed E-state index contributed by atoms with van der Waals surface area (Å²) in [5, 5.41) is 3.90. The van der Waals surface area contributed by atoms with Gasteiger partial charge in [-0.2, -0.15) is 0 Å². The Morgan fingerprint density at radius 2 is 2.28 bits per heavy atom. The molecule has 1 N–H and O–H groups in total. The summed E-state index contributed by atoms with van der Waals surface area (Å²) in [6.45, 7) is 3.23. The molecule has 1 aliphatic heterocycles. The number of anilines is 1. The van der Waals surface area contributed by atoms with Gasteiger partial charge in [0.2, 0.25) is 5.88 Å². The molecular formula is C18H17N3O3S. The maximum absolute atomic E-state index is 12.5. The average Bonchev–Trinajstić information content (AvgIpc) is 3.23. The van der Waals surface area contributed by atoms with Crippen LogP contribution in [0.1, 0.15) is 21.8 Å². The van der Waals surface area contributed by atoms with Crippen molar-refractivity contribution < 1.29 is 14.3 Å². The van der Waals surface area contributed by atoms with Gasteiger partial charge >= 0.3 is 0 Å². The Bertz CT molecular complexity index is 919. The fourth-order valence-electron chi connectivity index (χ4n) is 2.72. The van der Waals surface area contributed by atoms with Gasteiger partial charge in [0.25, 0.3) is 5.91 Å². The first kappa shape index (κ1) is 16.0. The number of ether oxygens (including phenoxy) is 2. The molecule has 0 aliphatic carbocycles. The number of nitrogens with zero attached hydrogens (tertiary/aromatic N) is 2. The summed E-state index contributed by atoms with van der Waals surface area (Å²) in [6, 6.07) is 9.05. The normalized spacial score (nSPS) is 16.9. The van der Waals surface area contributed by atoms with Gasteiger partial charge in [-0.15, -0.1) is 11.3 Å². The number of hydrogen-bond donors (Lipinski definition) is 1. The zero-order valence-corrected chi connectivity index (χ0v) is 14.5. The number of fused-ring (bicyclic) bond motifs is 1. The highest BCUT2D eigenvalue weighted by Crippen LogP contribution is 2.25. The van der Waals surface area contributed by atoms with E-state index in [9.17, 15) is 4.79 Å². The lowest BCUT2D eigenvalue weighted by atomic mass is 10.2. The third-order valence-electron chi connectivity index (χ3n) is 3.92. The van der Waals surface area contributed by atoms with Crippen molar-refractivity contribution in [2.75, 3.05) is 18.5 Å². The van der Waals surface area contributed by atoms with E-state index >= 15 is 0 Å². The topological polar surface area (TPSA) is 73.3 Å². The maximum Gasteiger partial charge on any atom is 0.255 e. The minimum Gasteiger partial charge on any atom is -0.472 e. The van der Waals surface area contributed by atoms with Crippen LogP contribution in [-0.4, -0.2) is 35.2 Å². The smallest absolute Gasteiger partial charge is 0.255 e.